The van der Waals surface area contributed by atoms with E-state index in [2.05, 4.69) is 0 Å². The molecule has 5 heteroatoms. The number of benzene rings is 1. The molecule has 0 fully saturated rings. The molecule has 19 heavy (non-hydrogen) atoms. The van der Waals surface area contributed by atoms with Crippen LogP contribution in [0.4, 0.5) is 5.69 Å². The first-order valence-corrected chi connectivity index (χ1v) is 5.98. The number of carbonyl (C=O) groups is 2. The predicted molar refractivity (Wildman–Crippen MR) is 72.5 cm³/mol. The smallest absolute Gasteiger partial charge is 0.328 e. The van der Waals surface area contributed by atoms with Gasteiger partial charge in [0.1, 0.15) is 0 Å². The van der Waals surface area contributed by atoms with Crippen molar-refractivity contribution in [2.75, 3.05) is 12.3 Å². The molecule has 0 aliphatic carbocycles. The molecule has 0 aliphatic rings. The van der Waals surface area contributed by atoms with Crippen LogP contribution >= 0.6 is 0 Å². The van der Waals surface area contributed by atoms with Crippen LogP contribution in [0.25, 0.3) is 6.08 Å². The number of carboxylic acids is 1. The lowest BCUT2D eigenvalue weighted by Crippen LogP contribution is -2.07. The molecule has 0 unspecified atom stereocenters. The first-order chi connectivity index (χ1) is 9.04. The van der Waals surface area contributed by atoms with Crippen LogP contribution in [-0.2, 0) is 20.7 Å². The van der Waals surface area contributed by atoms with Crippen LogP contribution in [-0.4, -0.2) is 23.7 Å². The first-order valence-electron chi connectivity index (χ1n) is 5.98. The van der Waals surface area contributed by atoms with E-state index < -0.39 is 5.97 Å². The van der Waals surface area contributed by atoms with Crippen molar-refractivity contribution in [1.82, 2.24) is 0 Å². The quantitative estimate of drug-likeness (QED) is 0.464. The molecule has 5 nitrogen and oxygen atoms in total. The summed E-state index contributed by atoms with van der Waals surface area (Å²) in [4.78, 5) is 21.9. The summed E-state index contributed by atoms with van der Waals surface area (Å²) in [6.45, 7) is 2.09. The highest BCUT2D eigenvalue weighted by Crippen LogP contribution is 2.20. The van der Waals surface area contributed by atoms with Crippen LogP contribution in [0.2, 0.25) is 0 Å². The van der Waals surface area contributed by atoms with E-state index in [1.807, 2.05) is 0 Å². The summed E-state index contributed by atoms with van der Waals surface area (Å²) in [5.41, 5.74) is 7.85. The largest absolute Gasteiger partial charge is 0.478 e. The summed E-state index contributed by atoms with van der Waals surface area (Å²) in [6, 6.07) is 5.22. The molecule has 102 valence electrons. The maximum atomic E-state index is 11.3. The Balaban J connectivity index is 2.86. The van der Waals surface area contributed by atoms with Gasteiger partial charge >= 0.3 is 11.9 Å². The molecule has 0 heterocycles. The normalized spacial score (nSPS) is 10.6. The van der Waals surface area contributed by atoms with Crippen LogP contribution in [0.1, 0.15) is 24.5 Å². The Morgan fingerprint density at radius 3 is 2.79 bits per heavy atom. The average molecular weight is 263 g/mol. The number of aliphatic carboxylic acids is 1. The van der Waals surface area contributed by atoms with Gasteiger partial charge < -0.3 is 15.6 Å². The summed E-state index contributed by atoms with van der Waals surface area (Å²) >= 11 is 0. The predicted octanol–water partition coefficient (Wildman–Crippen LogP) is 1.86. The number of nitrogens with two attached hydrogens (primary N) is 1. The van der Waals surface area contributed by atoms with E-state index in [1.54, 1.807) is 25.1 Å². The molecule has 0 saturated carbocycles. The number of carbonyl (C=O) groups excluding carboxylic acids is 1. The van der Waals surface area contributed by atoms with E-state index in [0.717, 1.165) is 11.6 Å². The SMILES string of the molecule is CCOC(=O)CCc1c(N)cccc1C=CC(=O)O. The van der Waals surface area contributed by atoms with E-state index >= 15 is 0 Å². The van der Waals surface area contributed by atoms with Gasteiger partial charge in [0.25, 0.3) is 0 Å². The van der Waals surface area contributed by atoms with Crippen molar-refractivity contribution in [2.45, 2.75) is 19.8 Å². The summed E-state index contributed by atoms with van der Waals surface area (Å²) in [5, 5.41) is 8.63. The fourth-order valence-electron chi connectivity index (χ4n) is 1.69. The highest BCUT2D eigenvalue weighted by Gasteiger charge is 2.08. The number of ether oxygens (including phenoxy) is 1. The molecule has 0 saturated heterocycles. The monoisotopic (exact) mass is 263 g/mol. The maximum Gasteiger partial charge on any atom is 0.328 e. The van der Waals surface area contributed by atoms with Gasteiger partial charge in [-0.15, -0.1) is 0 Å². The molecule has 0 aromatic heterocycles. The number of rotatable bonds is 6. The van der Waals surface area contributed by atoms with Crippen molar-refractivity contribution in [2.24, 2.45) is 0 Å². The maximum absolute atomic E-state index is 11.3. The van der Waals surface area contributed by atoms with Crippen LogP contribution in [0.3, 0.4) is 0 Å². The fraction of sp³-hybridized carbons (Fsp3) is 0.286. The summed E-state index contributed by atoms with van der Waals surface area (Å²) in [7, 11) is 0. The topological polar surface area (TPSA) is 89.6 Å². The molecular weight excluding hydrogens is 246 g/mol. The number of hydrogen-bond donors (Lipinski definition) is 2. The van der Waals surface area contributed by atoms with Crippen LogP contribution in [0.5, 0.6) is 0 Å². The van der Waals surface area contributed by atoms with E-state index in [1.165, 1.54) is 6.08 Å². The third-order valence-corrected chi connectivity index (χ3v) is 2.54. The van der Waals surface area contributed by atoms with Gasteiger partial charge in [-0.3, -0.25) is 4.79 Å². The Morgan fingerprint density at radius 1 is 1.42 bits per heavy atom. The van der Waals surface area contributed by atoms with Gasteiger partial charge in [-0.05, 0) is 36.6 Å². The third kappa shape index (κ3) is 4.83. The van der Waals surface area contributed by atoms with Crippen molar-refractivity contribution in [3.05, 3.63) is 35.4 Å². The minimum Gasteiger partial charge on any atom is -0.478 e. The second-order valence-corrected chi connectivity index (χ2v) is 3.89. The molecule has 1 aromatic rings. The lowest BCUT2D eigenvalue weighted by atomic mass is 10.0. The molecule has 1 rings (SSSR count). The Bertz CT molecular complexity index is 494. The van der Waals surface area contributed by atoms with Crippen LogP contribution in [0, 0.1) is 0 Å². The zero-order chi connectivity index (χ0) is 14.3. The second-order valence-electron chi connectivity index (χ2n) is 3.89. The number of nitrogen functional groups attached to an aromatic ring is 1. The Hall–Kier alpha value is -2.30. The molecule has 0 aliphatic heterocycles. The van der Waals surface area contributed by atoms with E-state index in [0.29, 0.717) is 24.3 Å². The molecule has 3 N–H and O–H groups in total. The Morgan fingerprint density at radius 2 is 2.16 bits per heavy atom. The molecular formula is C14H17NO4. The second kappa shape index (κ2) is 7.20. The van der Waals surface area contributed by atoms with E-state index in [9.17, 15) is 9.59 Å². The van der Waals surface area contributed by atoms with Crippen molar-refractivity contribution in [3.63, 3.8) is 0 Å². The molecule has 0 amide bonds. The van der Waals surface area contributed by atoms with Crippen LogP contribution in [0.15, 0.2) is 24.3 Å². The van der Waals surface area contributed by atoms with Gasteiger partial charge in [-0.1, -0.05) is 12.1 Å². The zero-order valence-corrected chi connectivity index (χ0v) is 10.8. The zero-order valence-electron chi connectivity index (χ0n) is 10.8. The minimum absolute atomic E-state index is 0.218. The number of carboxylic acid groups (broad SMARTS) is 1. The highest BCUT2D eigenvalue weighted by molar-refractivity contribution is 5.86. The van der Waals surface area contributed by atoms with Gasteiger partial charge in [0.2, 0.25) is 0 Å². The number of anilines is 1. The van der Waals surface area contributed by atoms with Gasteiger partial charge in [0.15, 0.2) is 0 Å². The molecule has 1 aromatic carbocycles. The Labute approximate surface area is 111 Å². The standard InChI is InChI=1S/C14H17NO4/c1-2-19-14(18)9-7-11-10(6-8-13(16)17)4-3-5-12(11)15/h3-6,8H,2,7,9,15H2,1H3,(H,16,17). The number of esters is 1. The molecule has 0 bridgehead atoms. The van der Waals surface area contributed by atoms with Crippen molar-refractivity contribution in [3.8, 4) is 0 Å². The lowest BCUT2D eigenvalue weighted by Gasteiger charge is -2.09. The van der Waals surface area contributed by atoms with Crippen molar-refractivity contribution < 1.29 is 19.4 Å². The van der Waals surface area contributed by atoms with Gasteiger partial charge in [-0.2, -0.15) is 0 Å². The Kier molecular flexibility index (Phi) is 5.60. The summed E-state index contributed by atoms with van der Waals surface area (Å²) in [6.07, 6.45) is 3.16. The lowest BCUT2D eigenvalue weighted by molar-refractivity contribution is -0.143. The van der Waals surface area contributed by atoms with Crippen LogP contribution < -0.4 is 5.73 Å². The number of hydrogen-bond acceptors (Lipinski definition) is 4. The van der Waals surface area contributed by atoms with Gasteiger partial charge in [0.05, 0.1) is 6.61 Å². The van der Waals surface area contributed by atoms with Gasteiger partial charge in [0, 0.05) is 18.2 Å². The fourth-order valence-corrected chi connectivity index (χ4v) is 1.69. The van der Waals surface area contributed by atoms with Crippen molar-refractivity contribution in [1.29, 1.82) is 0 Å². The third-order valence-electron chi connectivity index (χ3n) is 2.54. The molecule has 0 atom stereocenters. The summed E-state index contributed by atoms with van der Waals surface area (Å²) < 4.78 is 4.85. The minimum atomic E-state index is -1.03. The van der Waals surface area contributed by atoms with E-state index in [-0.39, 0.29) is 12.4 Å². The molecule has 0 radical (unpaired) electrons. The first kappa shape index (κ1) is 14.8. The summed E-state index contributed by atoms with van der Waals surface area (Å²) in [5.74, 6) is -1.32. The van der Waals surface area contributed by atoms with E-state index in [4.69, 9.17) is 15.6 Å². The molecule has 0 spiro atoms. The average Bonchev–Trinajstić information content (AvgIpc) is 2.35. The highest BCUT2D eigenvalue weighted by atomic mass is 16.5. The van der Waals surface area contributed by atoms with Crippen molar-refractivity contribution >= 4 is 23.7 Å². The van der Waals surface area contributed by atoms with Gasteiger partial charge in [-0.25, -0.2) is 4.79 Å².